The minimum atomic E-state index is -0.724. The number of hydrogen-bond donors (Lipinski definition) is 0. The van der Waals surface area contributed by atoms with E-state index in [2.05, 4.69) is 4.98 Å². The first-order chi connectivity index (χ1) is 11.6. The highest BCUT2D eigenvalue weighted by Gasteiger charge is 2.25. The van der Waals surface area contributed by atoms with Crippen LogP contribution in [0.2, 0.25) is 0 Å². The molecule has 2 aromatic rings. The Kier molecular flexibility index (Phi) is 4.38. The van der Waals surface area contributed by atoms with Crippen molar-refractivity contribution >= 4 is 11.7 Å². The Morgan fingerprint density at radius 3 is 2.50 bits per heavy atom. The number of piperazine rings is 1. The van der Waals surface area contributed by atoms with Gasteiger partial charge in [-0.15, -0.1) is 0 Å². The topological polar surface area (TPSA) is 60.2 Å². The zero-order valence-corrected chi connectivity index (χ0v) is 12.7. The maximum atomic E-state index is 13.7. The summed E-state index contributed by atoms with van der Waals surface area (Å²) in [5, 5.41) is 8.78. The van der Waals surface area contributed by atoms with Crippen LogP contribution in [-0.2, 0) is 0 Å². The van der Waals surface area contributed by atoms with Crippen molar-refractivity contribution in [3.8, 4) is 6.07 Å². The number of nitriles is 1. The van der Waals surface area contributed by atoms with E-state index in [4.69, 9.17) is 5.26 Å². The first-order valence-corrected chi connectivity index (χ1v) is 7.44. The Bertz CT molecular complexity index is 793. The van der Waals surface area contributed by atoms with Gasteiger partial charge in [-0.05, 0) is 30.3 Å². The van der Waals surface area contributed by atoms with Crippen molar-refractivity contribution in [3.63, 3.8) is 0 Å². The third-order valence-electron chi connectivity index (χ3n) is 3.93. The fourth-order valence-corrected chi connectivity index (χ4v) is 2.61. The van der Waals surface area contributed by atoms with Crippen molar-refractivity contribution in [1.82, 2.24) is 9.88 Å². The molecule has 5 nitrogen and oxygen atoms in total. The van der Waals surface area contributed by atoms with Crippen molar-refractivity contribution in [3.05, 3.63) is 59.3 Å². The van der Waals surface area contributed by atoms with E-state index in [1.54, 1.807) is 12.1 Å². The average molecular weight is 328 g/mol. The maximum Gasteiger partial charge on any atom is 0.257 e. The van der Waals surface area contributed by atoms with E-state index in [0.29, 0.717) is 31.7 Å². The lowest BCUT2D eigenvalue weighted by Gasteiger charge is -2.35. The van der Waals surface area contributed by atoms with Crippen LogP contribution in [0.25, 0.3) is 0 Å². The summed E-state index contributed by atoms with van der Waals surface area (Å²) in [7, 11) is 0. The van der Waals surface area contributed by atoms with Gasteiger partial charge in [-0.1, -0.05) is 0 Å². The van der Waals surface area contributed by atoms with E-state index in [0.717, 1.165) is 24.0 Å². The Labute approximate surface area is 137 Å². The number of anilines is 1. The zero-order chi connectivity index (χ0) is 17.1. The summed E-state index contributed by atoms with van der Waals surface area (Å²) >= 11 is 0. The van der Waals surface area contributed by atoms with Crippen LogP contribution in [0, 0.1) is 23.0 Å². The summed E-state index contributed by atoms with van der Waals surface area (Å²) in [6, 6.07) is 8.31. The molecule has 1 amide bonds. The van der Waals surface area contributed by atoms with Crippen LogP contribution in [-0.4, -0.2) is 42.0 Å². The SMILES string of the molecule is N#Cc1ccc(N2CCN(C(=O)c3cc(F)ccc3F)CC2)nc1. The third kappa shape index (κ3) is 3.18. The molecule has 7 heteroatoms. The van der Waals surface area contributed by atoms with Crippen molar-refractivity contribution in [2.75, 3.05) is 31.1 Å². The third-order valence-corrected chi connectivity index (χ3v) is 3.93. The molecule has 24 heavy (non-hydrogen) atoms. The Morgan fingerprint density at radius 1 is 1.12 bits per heavy atom. The Hall–Kier alpha value is -3.01. The molecule has 0 radical (unpaired) electrons. The normalized spacial score (nSPS) is 14.4. The highest BCUT2D eigenvalue weighted by molar-refractivity contribution is 5.94. The predicted molar refractivity (Wildman–Crippen MR) is 83.4 cm³/mol. The van der Waals surface area contributed by atoms with Crippen molar-refractivity contribution < 1.29 is 13.6 Å². The van der Waals surface area contributed by atoms with Gasteiger partial charge in [0.1, 0.15) is 23.5 Å². The van der Waals surface area contributed by atoms with Crippen LogP contribution in [0.3, 0.4) is 0 Å². The highest BCUT2D eigenvalue weighted by atomic mass is 19.1. The number of aromatic nitrogens is 1. The van der Waals surface area contributed by atoms with Gasteiger partial charge in [-0.25, -0.2) is 13.8 Å². The molecule has 2 heterocycles. The number of nitrogens with zero attached hydrogens (tertiary/aromatic N) is 4. The van der Waals surface area contributed by atoms with Gasteiger partial charge in [0.2, 0.25) is 0 Å². The van der Waals surface area contributed by atoms with Crippen LogP contribution in [0.5, 0.6) is 0 Å². The van der Waals surface area contributed by atoms with Gasteiger partial charge in [-0.2, -0.15) is 5.26 Å². The molecule has 0 N–H and O–H groups in total. The molecule has 1 aromatic heterocycles. The molecular formula is C17H14F2N4O. The second-order valence-electron chi connectivity index (χ2n) is 5.42. The maximum absolute atomic E-state index is 13.7. The summed E-state index contributed by atoms with van der Waals surface area (Å²) in [6.45, 7) is 1.83. The van der Waals surface area contributed by atoms with E-state index in [-0.39, 0.29) is 5.56 Å². The molecule has 1 aliphatic heterocycles. The van der Waals surface area contributed by atoms with Crippen LogP contribution in [0.15, 0.2) is 36.5 Å². The lowest BCUT2D eigenvalue weighted by Crippen LogP contribution is -2.49. The molecule has 1 saturated heterocycles. The van der Waals surface area contributed by atoms with E-state index < -0.39 is 17.5 Å². The smallest absolute Gasteiger partial charge is 0.257 e. The number of carbonyl (C=O) groups is 1. The van der Waals surface area contributed by atoms with Crippen molar-refractivity contribution in [2.45, 2.75) is 0 Å². The van der Waals surface area contributed by atoms with E-state index in [1.165, 1.54) is 11.1 Å². The van der Waals surface area contributed by atoms with Gasteiger partial charge in [0.25, 0.3) is 5.91 Å². The molecule has 3 rings (SSSR count). The molecule has 0 unspecified atom stereocenters. The number of carbonyl (C=O) groups excluding carboxylic acids is 1. The van der Waals surface area contributed by atoms with Crippen molar-refractivity contribution in [1.29, 1.82) is 5.26 Å². The van der Waals surface area contributed by atoms with Crippen molar-refractivity contribution in [2.24, 2.45) is 0 Å². The summed E-state index contributed by atoms with van der Waals surface area (Å²) in [4.78, 5) is 20.0. The summed E-state index contributed by atoms with van der Waals surface area (Å²) < 4.78 is 27.0. The molecule has 0 spiro atoms. The largest absolute Gasteiger partial charge is 0.353 e. The summed E-state index contributed by atoms with van der Waals surface area (Å²) in [5.41, 5.74) is 0.231. The standard InChI is InChI=1S/C17H14F2N4O/c18-13-2-3-15(19)14(9-13)17(24)23-7-5-22(6-8-23)16-4-1-12(10-20)11-21-16/h1-4,9,11H,5-8H2. The van der Waals surface area contributed by atoms with Gasteiger partial charge < -0.3 is 9.80 Å². The summed E-state index contributed by atoms with van der Waals surface area (Å²) in [5.74, 6) is -1.16. The van der Waals surface area contributed by atoms with Gasteiger partial charge >= 0.3 is 0 Å². The van der Waals surface area contributed by atoms with Crippen LogP contribution in [0.1, 0.15) is 15.9 Å². The molecule has 0 atom stereocenters. The number of pyridine rings is 1. The Balaban J connectivity index is 1.67. The molecule has 1 fully saturated rings. The molecule has 0 bridgehead atoms. The summed E-state index contributed by atoms with van der Waals surface area (Å²) in [6.07, 6.45) is 1.50. The quantitative estimate of drug-likeness (QED) is 0.848. The van der Waals surface area contributed by atoms with Crippen LogP contribution < -0.4 is 4.90 Å². The van der Waals surface area contributed by atoms with E-state index in [9.17, 15) is 13.6 Å². The number of rotatable bonds is 2. The fraction of sp³-hybridized carbons (Fsp3) is 0.235. The minimum Gasteiger partial charge on any atom is -0.353 e. The van der Waals surface area contributed by atoms with Gasteiger partial charge in [0.05, 0.1) is 11.1 Å². The van der Waals surface area contributed by atoms with Gasteiger partial charge in [0.15, 0.2) is 0 Å². The lowest BCUT2D eigenvalue weighted by molar-refractivity contribution is 0.0741. The second-order valence-corrected chi connectivity index (χ2v) is 5.42. The molecule has 0 aliphatic carbocycles. The number of amides is 1. The molecular weight excluding hydrogens is 314 g/mol. The first kappa shape index (κ1) is 15.9. The van der Waals surface area contributed by atoms with Crippen LogP contribution in [0.4, 0.5) is 14.6 Å². The average Bonchev–Trinajstić information content (AvgIpc) is 2.63. The molecule has 1 aliphatic rings. The lowest BCUT2D eigenvalue weighted by atomic mass is 10.1. The Morgan fingerprint density at radius 2 is 1.88 bits per heavy atom. The second kappa shape index (κ2) is 6.62. The van der Waals surface area contributed by atoms with Gasteiger partial charge in [0, 0.05) is 32.4 Å². The highest BCUT2D eigenvalue weighted by Crippen LogP contribution is 2.17. The van der Waals surface area contributed by atoms with Gasteiger partial charge in [-0.3, -0.25) is 4.79 Å². The fourth-order valence-electron chi connectivity index (χ4n) is 2.61. The molecule has 1 aromatic carbocycles. The minimum absolute atomic E-state index is 0.250. The van der Waals surface area contributed by atoms with E-state index in [1.807, 2.05) is 11.0 Å². The molecule has 122 valence electrons. The monoisotopic (exact) mass is 328 g/mol. The first-order valence-electron chi connectivity index (χ1n) is 7.44. The number of halogens is 2. The van der Waals surface area contributed by atoms with Crippen LogP contribution >= 0.6 is 0 Å². The number of benzene rings is 1. The predicted octanol–water partition coefficient (Wildman–Crippen LogP) is 2.19. The molecule has 0 saturated carbocycles. The van der Waals surface area contributed by atoms with E-state index >= 15 is 0 Å². The zero-order valence-electron chi connectivity index (χ0n) is 12.7. The number of hydrogen-bond acceptors (Lipinski definition) is 4.